The molecule has 0 radical (unpaired) electrons. The summed E-state index contributed by atoms with van der Waals surface area (Å²) in [6, 6.07) is 36.2. The molecule has 0 unspecified atom stereocenters. The molecule has 0 aromatic heterocycles. The molecule has 1 heterocycles. The molecule has 0 saturated carbocycles. The number of halogens is 1. The van der Waals surface area contributed by atoms with Gasteiger partial charge in [-0.1, -0.05) is 84.9 Å². The van der Waals surface area contributed by atoms with Crippen LogP contribution in [0, 0.1) is 11.7 Å². The van der Waals surface area contributed by atoms with Gasteiger partial charge in [-0.25, -0.2) is 4.39 Å². The first-order chi connectivity index (χ1) is 19.7. The van der Waals surface area contributed by atoms with E-state index >= 15 is 0 Å². The molecule has 1 N–H and O–H groups in total. The summed E-state index contributed by atoms with van der Waals surface area (Å²) in [6.07, 6.45) is 7.67. The van der Waals surface area contributed by atoms with E-state index in [0.717, 1.165) is 39.8 Å². The van der Waals surface area contributed by atoms with Crippen molar-refractivity contribution in [2.75, 3.05) is 5.32 Å². The number of para-hydroxylation sites is 1. The quantitative estimate of drug-likeness (QED) is 0.177. The predicted octanol–water partition coefficient (Wildman–Crippen LogP) is 9.13. The highest BCUT2D eigenvalue weighted by atomic mass is 19.1. The summed E-state index contributed by atoms with van der Waals surface area (Å²) in [6.45, 7) is 0.350. The number of nitrogens with zero attached hydrogens (tertiary/aromatic N) is 1. The number of ether oxygens (including phenoxy) is 1. The van der Waals surface area contributed by atoms with Crippen LogP contribution >= 0.6 is 0 Å². The second kappa shape index (κ2) is 10.5. The van der Waals surface area contributed by atoms with Crippen molar-refractivity contribution in [1.82, 2.24) is 0 Å². The molecule has 2 aliphatic rings. The standard InChI is InChI=1S/C36H29FN2O/c37-27-17-12-24(13-18-27)23-40-35-21-16-25-6-1-2-7-29(25)33(35)22-38-28-19-14-26(15-20-28)36-32-10-5-9-30(32)31-8-3-4-11-34(31)39-36/h1-9,11-22,30,32,36,39H,10,23H2/t30-,32+,36-/m0/s1. The number of allylic oxidation sites excluding steroid dienone is 2. The third-order valence-electron chi connectivity index (χ3n) is 8.11. The maximum Gasteiger partial charge on any atom is 0.129 e. The molecule has 3 nitrogen and oxygen atoms in total. The number of nitrogens with one attached hydrogen (secondary N) is 1. The summed E-state index contributed by atoms with van der Waals surface area (Å²) in [5, 5.41) is 6.00. The molecule has 196 valence electrons. The van der Waals surface area contributed by atoms with Crippen LogP contribution in [0.5, 0.6) is 5.75 Å². The summed E-state index contributed by atoms with van der Waals surface area (Å²) in [7, 11) is 0. The number of fused-ring (bicyclic) bond motifs is 4. The number of hydrogen-bond acceptors (Lipinski definition) is 3. The SMILES string of the molecule is Fc1ccc(COc2ccc3ccccc3c2C=Nc2ccc([C@@H]3Nc4ccccc4[C@@H]4C=CC[C@H]43)cc2)cc1. The molecule has 5 aromatic carbocycles. The maximum atomic E-state index is 13.3. The third kappa shape index (κ3) is 4.66. The molecule has 7 rings (SSSR count). The van der Waals surface area contributed by atoms with E-state index in [4.69, 9.17) is 9.73 Å². The van der Waals surface area contributed by atoms with E-state index in [-0.39, 0.29) is 11.9 Å². The molecule has 0 saturated heterocycles. The Balaban J connectivity index is 1.15. The van der Waals surface area contributed by atoms with Crippen molar-refractivity contribution >= 4 is 28.4 Å². The molecule has 40 heavy (non-hydrogen) atoms. The van der Waals surface area contributed by atoms with Gasteiger partial charge in [0, 0.05) is 23.4 Å². The molecule has 0 bridgehead atoms. The lowest BCUT2D eigenvalue weighted by Crippen LogP contribution is -2.28. The second-order valence-electron chi connectivity index (χ2n) is 10.5. The molecule has 1 aliphatic carbocycles. The molecule has 3 atom stereocenters. The minimum atomic E-state index is -0.253. The van der Waals surface area contributed by atoms with E-state index in [0.29, 0.717) is 18.4 Å². The first kappa shape index (κ1) is 24.3. The van der Waals surface area contributed by atoms with E-state index < -0.39 is 0 Å². The molecule has 0 spiro atoms. The number of aliphatic imine (C=N–C) groups is 1. The minimum Gasteiger partial charge on any atom is -0.488 e. The Kier molecular flexibility index (Phi) is 6.37. The van der Waals surface area contributed by atoms with E-state index in [1.165, 1.54) is 28.9 Å². The van der Waals surface area contributed by atoms with Crippen LogP contribution in [0.4, 0.5) is 15.8 Å². The Labute approximate surface area is 233 Å². The Hall–Kier alpha value is -4.70. The number of hydrogen-bond donors (Lipinski definition) is 1. The summed E-state index contributed by atoms with van der Waals surface area (Å²) < 4.78 is 19.5. The van der Waals surface area contributed by atoms with Gasteiger partial charge in [0.2, 0.25) is 0 Å². The van der Waals surface area contributed by atoms with Crippen molar-refractivity contribution in [3.63, 3.8) is 0 Å². The van der Waals surface area contributed by atoms with E-state index in [2.05, 4.69) is 84.2 Å². The van der Waals surface area contributed by atoms with Gasteiger partial charge in [-0.15, -0.1) is 0 Å². The fourth-order valence-electron chi connectivity index (χ4n) is 6.06. The third-order valence-corrected chi connectivity index (χ3v) is 8.11. The van der Waals surface area contributed by atoms with E-state index in [1.807, 2.05) is 24.4 Å². The van der Waals surface area contributed by atoms with Crippen LogP contribution in [0.15, 0.2) is 126 Å². The van der Waals surface area contributed by atoms with Gasteiger partial charge in [-0.05, 0) is 76.2 Å². The van der Waals surface area contributed by atoms with Crippen molar-refractivity contribution in [2.45, 2.75) is 25.0 Å². The van der Waals surface area contributed by atoms with Gasteiger partial charge in [-0.3, -0.25) is 4.99 Å². The average molecular weight is 525 g/mol. The summed E-state index contributed by atoms with van der Waals surface area (Å²) in [5.41, 5.74) is 6.62. The lowest BCUT2D eigenvalue weighted by Gasteiger charge is -2.37. The largest absolute Gasteiger partial charge is 0.488 e. The molecular formula is C36H29FN2O. The van der Waals surface area contributed by atoms with Crippen LogP contribution in [-0.2, 0) is 6.61 Å². The van der Waals surface area contributed by atoms with Crippen molar-refractivity contribution in [2.24, 2.45) is 10.9 Å². The van der Waals surface area contributed by atoms with Crippen LogP contribution in [0.1, 0.15) is 40.6 Å². The summed E-state index contributed by atoms with van der Waals surface area (Å²) in [5.74, 6) is 1.46. The zero-order valence-corrected chi connectivity index (χ0v) is 22.0. The van der Waals surface area contributed by atoms with Crippen LogP contribution in [0.3, 0.4) is 0 Å². The van der Waals surface area contributed by atoms with Gasteiger partial charge in [-0.2, -0.15) is 0 Å². The van der Waals surface area contributed by atoms with Crippen LogP contribution in [0.25, 0.3) is 10.8 Å². The highest BCUT2D eigenvalue weighted by molar-refractivity contribution is 6.03. The first-order valence-electron chi connectivity index (χ1n) is 13.8. The molecule has 1 aliphatic heterocycles. The molecular weight excluding hydrogens is 495 g/mol. The molecule has 0 fully saturated rings. The maximum absolute atomic E-state index is 13.3. The molecule has 5 aromatic rings. The Morgan fingerprint density at radius 1 is 0.850 bits per heavy atom. The minimum absolute atomic E-state index is 0.253. The normalized spacial score (nSPS) is 19.4. The van der Waals surface area contributed by atoms with Crippen LogP contribution in [-0.4, -0.2) is 6.21 Å². The molecule has 4 heteroatoms. The van der Waals surface area contributed by atoms with E-state index in [9.17, 15) is 4.39 Å². The van der Waals surface area contributed by atoms with Gasteiger partial charge in [0.25, 0.3) is 0 Å². The Morgan fingerprint density at radius 3 is 2.52 bits per heavy atom. The highest BCUT2D eigenvalue weighted by Gasteiger charge is 2.37. The first-order valence-corrected chi connectivity index (χ1v) is 13.8. The fraction of sp³-hybridized carbons (Fsp3) is 0.139. The monoisotopic (exact) mass is 524 g/mol. The predicted molar refractivity (Wildman–Crippen MR) is 161 cm³/mol. The van der Waals surface area contributed by atoms with Gasteiger partial charge in [0.05, 0.1) is 11.7 Å². The zero-order valence-electron chi connectivity index (χ0n) is 22.0. The van der Waals surface area contributed by atoms with Crippen molar-refractivity contribution < 1.29 is 9.13 Å². The number of anilines is 1. The van der Waals surface area contributed by atoms with Crippen LogP contribution < -0.4 is 10.1 Å². The van der Waals surface area contributed by atoms with Crippen LogP contribution in [0.2, 0.25) is 0 Å². The fourth-order valence-corrected chi connectivity index (χ4v) is 6.06. The number of benzene rings is 5. The van der Waals surface area contributed by atoms with Crippen molar-refractivity contribution in [3.05, 3.63) is 149 Å². The van der Waals surface area contributed by atoms with E-state index in [1.54, 1.807) is 12.1 Å². The highest BCUT2D eigenvalue weighted by Crippen LogP contribution is 2.49. The van der Waals surface area contributed by atoms with Gasteiger partial charge in [0.15, 0.2) is 0 Å². The smallest absolute Gasteiger partial charge is 0.129 e. The van der Waals surface area contributed by atoms with Crippen molar-refractivity contribution in [1.29, 1.82) is 0 Å². The molecule has 0 amide bonds. The average Bonchev–Trinajstić information content (AvgIpc) is 3.50. The van der Waals surface area contributed by atoms with Gasteiger partial charge in [0.1, 0.15) is 18.2 Å². The zero-order chi connectivity index (χ0) is 26.9. The second-order valence-corrected chi connectivity index (χ2v) is 10.5. The van der Waals surface area contributed by atoms with Gasteiger partial charge < -0.3 is 10.1 Å². The van der Waals surface area contributed by atoms with Crippen molar-refractivity contribution in [3.8, 4) is 5.75 Å². The topological polar surface area (TPSA) is 33.6 Å². The lowest BCUT2D eigenvalue weighted by molar-refractivity contribution is 0.306. The summed E-state index contributed by atoms with van der Waals surface area (Å²) >= 11 is 0. The summed E-state index contributed by atoms with van der Waals surface area (Å²) in [4.78, 5) is 4.86. The number of rotatable bonds is 6. The van der Waals surface area contributed by atoms with Gasteiger partial charge >= 0.3 is 0 Å². The Bertz CT molecular complexity index is 1720. The lowest BCUT2D eigenvalue weighted by atomic mass is 9.77. The Morgan fingerprint density at radius 2 is 1.65 bits per heavy atom.